The SMILES string of the molecule is CCOC(=O)COc1ccc(-c2nc3c(Cl)cccc3[nH]2)cc1OC. The lowest BCUT2D eigenvalue weighted by molar-refractivity contribution is -0.145. The number of aromatic nitrogens is 2. The van der Waals surface area contributed by atoms with Crippen molar-refractivity contribution < 1.29 is 19.0 Å². The predicted molar refractivity (Wildman–Crippen MR) is 95.2 cm³/mol. The summed E-state index contributed by atoms with van der Waals surface area (Å²) in [5, 5.41) is 0.585. The quantitative estimate of drug-likeness (QED) is 0.676. The summed E-state index contributed by atoms with van der Waals surface area (Å²) in [7, 11) is 1.53. The van der Waals surface area contributed by atoms with Gasteiger partial charge in [-0.3, -0.25) is 0 Å². The van der Waals surface area contributed by atoms with E-state index in [0.717, 1.165) is 11.1 Å². The lowest BCUT2D eigenvalue weighted by Crippen LogP contribution is -2.14. The van der Waals surface area contributed by atoms with Crippen LogP contribution in [0.1, 0.15) is 6.92 Å². The van der Waals surface area contributed by atoms with Crippen molar-refractivity contribution in [1.82, 2.24) is 9.97 Å². The molecule has 0 aliphatic carbocycles. The summed E-state index contributed by atoms with van der Waals surface area (Å²) in [6.45, 7) is 1.88. The van der Waals surface area contributed by atoms with Gasteiger partial charge in [0.15, 0.2) is 18.1 Å². The number of H-pyrrole nitrogens is 1. The van der Waals surface area contributed by atoms with Crippen LogP contribution in [-0.4, -0.2) is 36.3 Å². The van der Waals surface area contributed by atoms with Crippen molar-refractivity contribution >= 4 is 28.6 Å². The summed E-state index contributed by atoms with van der Waals surface area (Å²) in [4.78, 5) is 19.2. The molecule has 130 valence electrons. The average molecular weight is 361 g/mol. The molecule has 0 aliphatic heterocycles. The molecule has 7 heteroatoms. The Hall–Kier alpha value is -2.73. The van der Waals surface area contributed by atoms with E-state index < -0.39 is 5.97 Å². The molecule has 2 aromatic carbocycles. The van der Waals surface area contributed by atoms with Crippen LogP contribution >= 0.6 is 11.6 Å². The Morgan fingerprint density at radius 1 is 1.24 bits per heavy atom. The number of benzene rings is 2. The first-order chi connectivity index (χ1) is 12.1. The van der Waals surface area contributed by atoms with Gasteiger partial charge in [0.05, 0.1) is 24.3 Å². The number of carbonyl (C=O) groups is 1. The number of carbonyl (C=O) groups excluding carboxylic acids is 1. The second kappa shape index (κ2) is 7.44. The van der Waals surface area contributed by atoms with Crippen molar-refractivity contribution in [2.24, 2.45) is 0 Å². The average Bonchev–Trinajstić information content (AvgIpc) is 3.06. The number of methoxy groups -OCH3 is 1. The van der Waals surface area contributed by atoms with Crippen molar-refractivity contribution in [3.8, 4) is 22.9 Å². The number of hydrogen-bond acceptors (Lipinski definition) is 5. The predicted octanol–water partition coefficient (Wildman–Crippen LogP) is 3.83. The van der Waals surface area contributed by atoms with Crippen LogP contribution in [0.2, 0.25) is 5.02 Å². The van der Waals surface area contributed by atoms with Crippen LogP contribution in [-0.2, 0) is 9.53 Å². The molecule has 0 amide bonds. The number of esters is 1. The number of imidazole rings is 1. The van der Waals surface area contributed by atoms with Crippen molar-refractivity contribution in [1.29, 1.82) is 0 Å². The first kappa shape index (κ1) is 17.1. The van der Waals surface area contributed by atoms with Crippen molar-refractivity contribution in [2.75, 3.05) is 20.3 Å². The number of rotatable bonds is 6. The van der Waals surface area contributed by atoms with Gasteiger partial charge in [0.2, 0.25) is 0 Å². The van der Waals surface area contributed by atoms with E-state index in [-0.39, 0.29) is 6.61 Å². The minimum Gasteiger partial charge on any atom is -0.493 e. The van der Waals surface area contributed by atoms with E-state index in [9.17, 15) is 4.79 Å². The molecule has 0 fully saturated rings. The molecule has 1 heterocycles. The fraction of sp³-hybridized carbons (Fsp3) is 0.222. The lowest BCUT2D eigenvalue weighted by Gasteiger charge is -2.11. The number of hydrogen-bond donors (Lipinski definition) is 1. The first-order valence-corrected chi connectivity index (χ1v) is 8.11. The van der Waals surface area contributed by atoms with E-state index in [2.05, 4.69) is 9.97 Å². The van der Waals surface area contributed by atoms with Crippen LogP contribution in [0, 0.1) is 0 Å². The summed E-state index contributed by atoms with van der Waals surface area (Å²) in [6, 6.07) is 10.9. The fourth-order valence-corrected chi connectivity index (χ4v) is 2.62. The Morgan fingerprint density at radius 2 is 2.08 bits per heavy atom. The number of nitrogens with one attached hydrogen (secondary N) is 1. The Balaban J connectivity index is 1.87. The van der Waals surface area contributed by atoms with E-state index in [4.69, 9.17) is 25.8 Å². The van der Waals surface area contributed by atoms with E-state index >= 15 is 0 Å². The standard InChI is InChI=1S/C18H17ClN2O4/c1-3-24-16(22)10-25-14-8-7-11(9-15(14)23-2)18-20-13-6-4-5-12(19)17(13)21-18/h4-9H,3,10H2,1-2H3,(H,20,21). The number of aromatic amines is 1. The smallest absolute Gasteiger partial charge is 0.344 e. The van der Waals surface area contributed by atoms with Gasteiger partial charge < -0.3 is 19.2 Å². The summed E-state index contributed by atoms with van der Waals surface area (Å²) < 4.78 is 15.7. The zero-order chi connectivity index (χ0) is 17.8. The van der Waals surface area contributed by atoms with E-state index in [1.807, 2.05) is 18.2 Å². The third-order valence-corrected chi connectivity index (χ3v) is 3.86. The highest BCUT2D eigenvalue weighted by Gasteiger charge is 2.13. The summed E-state index contributed by atoms with van der Waals surface area (Å²) in [6.07, 6.45) is 0. The van der Waals surface area contributed by atoms with E-state index in [0.29, 0.717) is 34.5 Å². The molecule has 0 saturated carbocycles. The normalized spacial score (nSPS) is 10.7. The molecule has 25 heavy (non-hydrogen) atoms. The highest BCUT2D eigenvalue weighted by molar-refractivity contribution is 6.35. The lowest BCUT2D eigenvalue weighted by atomic mass is 10.2. The van der Waals surface area contributed by atoms with Crippen molar-refractivity contribution in [2.45, 2.75) is 6.92 Å². The second-order valence-corrected chi connectivity index (χ2v) is 5.59. The molecule has 0 atom stereocenters. The molecule has 0 saturated heterocycles. The van der Waals surface area contributed by atoms with Gasteiger partial charge >= 0.3 is 5.97 Å². The van der Waals surface area contributed by atoms with Gasteiger partial charge in [-0.05, 0) is 37.3 Å². The second-order valence-electron chi connectivity index (χ2n) is 5.18. The zero-order valence-electron chi connectivity index (χ0n) is 13.8. The molecule has 0 bridgehead atoms. The Bertz CT molecular complexity index is 907. The number of nitrogens with zero attached hydrogens (tertiary/aromatic N) is 1. The summed E-state index contributed by atoms with van der Waals surface area (Å²) >= 11 is 6.17. The largest absolute Gasteiger partial charge is 0.493 e. The zero-order valence-corrected chi connectivity index (χ0v) is 14.6. The molecule has 0 radical (unpaired) electrons. The van der Waals surface area contributed by atoms with Crippen LogP contribution in [0.25, 0.3) is 22.4 Å². The number of fused-ring (bicyclic) bond motifs is 1. The van der Waals surface area contributed by atoms with Gasteiger partial charge in [0.1, 0.15) is 11.3 Å². The van der Waals surface area contributed by atoms with Crippen LogP contribution in [0.15, 0.2) is 36.4 Å². The third kappa shape index (κ3) is 3.69. The molecule has 0 unspecified atom stereocenters. The summed E-state index contributed by atoms with van der Waals surface area (Å²) in [5.74, 6) is 1.18. The highest BCUT2D eigenvalue weighted by atomic mass is 35.5. The van der Waals surface area contributed by atoms with Crippen molar-refractivity contribution in [3.63, 3.8) is 0 Å². The van der Waals surface area contributed by atoms with Crippen LogP contribution in [0.4, 0.5) is 0 Å². The summed E-state index contributed by atoms with van der Waals surface area (Å²) in [5.41, 5.74) is 2.37. The first-order valence-electron chi connectivity index (χ1n) is 7.73. The van der Waals surface area contributed by atoms with Gasteiger partial charge in [-0.2, -0.15) is 0 Å². The Labute approximate surface area is 149 Å². The van der Waals surface area contributed by atoms with Crippen LogP contribution in [0.5, 0.6) is 11.5 Å². The highest BCUT2D eigenvalue weighted by Crippen LogP contribution is 2.33. The Morgan fingerprint density at radius 3 is 2.80 bits per heavy atom. The van der Waals surface area contributed by atoms with Crippen LogP contribution < -0.4 is 9.47 Å². The molecule has 0 aliphatic rings. The van der Waals surface area contributed by atoms with Crippen molar-refractivity contribution in [3.05, 3.63) is 41.4 Å². The van der Waals surface area contributed by atoms with E-state index in [1.165, 1.54) is 7.11 Å². The van der Waals surface area contributed by atoms with Gasteiger partial charge in [-0.15, -0.1) is 0 Å². The monoisotopic (exact) mass is 360 g/mol. The van der Waals surface area contributed by atoms with E-state index in [1.54, 1.807) is 25.1 Å². The topological polar surface area (TPSA) is 73.4 Å². The molecular formula is C18H17ClN2O4. The van der Waals surface area contributed by atoms with Crippen LogP contribution in [0.3, 0.4) is 0 Å². The number of para-hydroxylation sites is 1. The minimum atomic E-state index is -0.430. The molecular weight excluding hydrogens is 344 g/mol. The van der Waals surface area contributed by atoms with Gasteiger partial charge in [-0.25, -0.2) is 9.78 Å². The maximum absolute atomic E-state index is 11.4. The van der Waals surface area contributed by atoms with Gasteiger partial charge in [0, 0.05) is 5.56 Å². The fourth-order valence-electron chi connectivity index (χ4n) is 2.41. The molecule has 3 rings (SSSR count). The molecule has 1 N–H and O–H groups in total. The third-order valence-electron chi connectivity index (χ3n) is 3.55. The molecule has 6 nitrogen and oxygen atoms in total. The maximum Gasteiger partial charge on any atom is 0.344 e. The molecule has 3 aromatic rings. The minimum absolute atomic E-state index is 0.177. The number of halogens is 1. The van der Waals surface area contributed by atoms with Gasteiger partial charge in [-0.1, -0.05) is 17.7 Å². The Kier molecular flexibility index (Phi) is 5.09. The molecule has 1 aromatic heterocycles. The van der Waals surface area contributed by atoms with Gasteiger partial charge in [0.25, 0.3) is 0 Å². The number of ether oxygens (including phenoxy) is 3. The maximum atomic E-state index is 11.4. The molecule has 0 spiro atoms.